The Hall–Kier alpha value is -2.28. The van der Waals surface area contributed by atoms with Gasteiger partial charge in [0.05, 0.1) is 18.5 Å². The Morgan fingerprint density at radius 1 is 1.19 bits per heavy atom. The molecular formula is C14H17N3O3S. The van der Waals surface area contributed by atoms with Gasteiger partial charge in [-0.3, -0.25) is 9.71 Å². The van der Waals surface area contributed by atoms with Gasteiger partial charge in [0.15, 0.2) is 0 Å². The van der Waals surface area contributed by atoms with E-state index in [2.05, 4.69) is 15.0 Å². The molecule has 0 radical (unpaired) electrons. The highest BCUT2D eigenvalue weighted by atomic mass is 32.2. The van der Waals surface area contributed by atoms with Crippen LogP contribution >= 0.6 is 0 Å². The summed E-state index contributed by atoms with van der Waals surface area (Å²) in [5, 5.41) is 2.84. The van der Waals surface area contributed by atoms with Crippen LogP contribution in [0.25, 0.3) is 0 Å². The Morgan fingerprint density at radius 3 is 2.62 bits per heavy atom. The van der Waals surface area contributed by atoms with Crippen molar-refractivity contribution in [1.29, 1.82) is 0 Å². The predicted molar refractivity (Wildman–Crippen MR) is 82.3 cm³/mol. The minimum atomic E-state index is -3.76. The van der Waals surface area contributed by atoms with E-state index in [1.165, 1.54) is 19.5 Å². The molecule has 112 valence electrons. The van der Waals surface area contributed by atoms with Crippen molar-refractivity contribution in [3.63, 3.8) is 0 Å². The van der Waals surface area contributed by atoms with Crippen LogP contribution in [-0.4, -0.2) is 27.6 Å². The third kappa shape index (κ3) is 3.25. The highest BCUT2D eigenvalue weighted by Gasteiger charge is 2.20. The summed E-state index contributed by atoms with van der Waals surface area (Å²) in [4.78, 5) is 3.95. The fraction of sp³-hybridized carbons (Fsp3) is 0.214. The topological polar surface area (TPSA) is 80.3 Å². The van der Waals surface area contributed by atoms with Crippen molar-refractivity contribution in [1.82, 2.24) is 4.98 Å². The van der Waals surface area contributed by atoms with Crippen LogP contribution in [0.5, 0.6) is 5.75 Å². The number of nitrogens with one attached hydrogen (secondary N) is 2. The second-order valence-corrected chi connectivity index (χ2v) is 6.08. The number of hydrogen-bond acceptors (Lipinski definition) is 5. The first-order chi connectivity index (χ1) is 9.97. The van der Waals surface area contributed by atoms with Gasteiger partial charge in [-0.25, -0.2) is 8.42 Å². The first kappa shape index (κ1) is 15.1. The van der Waals surface area contributed by atoms with Gasteiger partial charge in [0.1, 0.15) is 10.6 Å². The van der Waals surface area contributed by atoms with Crippen molar-refractivity contribution in [3.05, 3.63) is 42.2 Å². The molecule has 0 fully saturated rings. The summed E-state index contributed by atoms with van der Waals surface area (Å²) in [7, 11) is -0.614. The minimum absolute atomic E-state index is 0.0797. The molecule has 1 heterocycles. The van der Waals surface area contributed by atoms with Crippen molar-refractivity contribution in [2.75, 3.05) is 24.2 Å². The van der Waals surface area contributed by atoms with Gasteiger partial charge < -0.3 is 10.1 Å². The van der Waals surface area contributed by atoms with E-state index in [-0.39, 0.29) is 4.90 Å². The van der Waals surface area contributed by atoms with Gasteiger partial charge in [-0.1, -0.05) is 6.07 Å². The van der Waals surface area contributed by atoms with E-state index in [9.17, 15) is 8.42 Å². The number of rotatable bonds is 5. The molecule has 2 N–H and O–H groups in total. The van der Waals surface area contributed by atoms with E-state index >= 15 is 0 Å². The molecule has 7 heteroatoms. The van der Waals surface area contributed by atoms with Crippen molar-refractivity contribution in [2.45, 2.75) is 11.8 Å². The summed E-state index contributed by atoms with van der Waals surface area (Å²) in [5.74, 6) is 0.457. The highest BCUT2D eigenvalue weighted by Crippen LogP contribution is 2.29. The number of sulfonamides is 1. The predicted octanol–water partition coefficient (Wildman–Crippen LogP) is 2.24. The Bertz CT molecular complexity index is 745. The van der Waals surface area contributed by atoms with E-state index in [1.54, 1.807) is 25.2 Å². The first-order valence-corrected chi connectivity index (χ1v) is 7.75. The molecule has 0 aliphatic heterocycles. The number of ether oxygens (including phenoxy) is 1. The van der Waals surface area contributed by atoms with Gasteiger partial charge in [-0.15, -0.1) is 0 Å². The van der Waals surface area contributed by atoms with Gasteiger partial charge >= 0.3 is 0 Å². The number of aryl methyl sites for hydroxylation is 1. The van der Waals surface area contributed by atoms with E-state index < -0.39 is 10.0 Å². The minimum Gasteiger partial charge on any atom is -0.495 e. The number of benzene rings is 1. The lowest BCUT2D eigenvalue weighted by molar-refractivity contribution is 0.417. The lowest BCUT2D eigenvalue weighted by Crippen LogP contribution is -2.15. The quantitative estimate of drug-likeness (QED) is 0.885. The van der Waals surface area contributed by atoms with Crippen molar-refractivity contribution in [2.24, 2.45) is 0 Å². The van der Waals surface area contributed by atoms with Gasteiger partial charge in [0.25, 0.3) is 10.0 Å². The Labute approximate surface area is 124 Å². The number of aromatic nitrogens is 1. The second-order valence-electron chi connectivity index (χ2n) is 4.43. The largest absolute Gasteiger partial charge is 0.495 e. The molecule has 0 amide bonds. The number of hydrogen-bond donors (Lipinski definition) is 2. The maximum Gasteiger partial charge on any atom is 0.265 e. The lowest BCUT2D eigenvalue weighted by atomic mass is 10.2. The Balaban J connectivity index is 2.45. The Kier molecular flexibility index (Phi) is 4.32. The molecule has 21 heavy (non-hydrogen) atoms. The fourth-order valence-corrected chi connectivity index (χ4v) is 3.12. The van der Waals surface area contributed by atoms with Gasteiger partial charge in [0, 0.05) is 19.4 Å². The van der Waals surface area contributed by atoms with Crippen molar-refractivity contribution < 1.29 is 13.2 Å². The highest BCUT2D eigenvalue weighted by molar-refractivity contribution is 7.92. The summed E-state index contributed by atoms with van der Waals surface area (Å²) < 4.78 is 32.7. The summed E-state index contributed by atoms with van der Waals surface area (Å²) in [6, 6.07) is 6.88. The van der Waals surface area contributed by atoms with E-state index in [4.69, 9.17) is 4.74 Å². The normalized spacial score (nSPS) is 11.0. The van der Waals surface area contributed by atoms with Gasteiger partial charge in [-0.2, -0.15) is 0 Å². The maximum atomic E-state index is 12.5. The zero-order valence-electron chi connectivity index (χ0n) is 12.0. The third-order valence-electron chi connectivity index (χ3n) is 2.94. The number of nitrogens with zero attached hydrogens (tertiary/aromatic N) is 1. The summed E-state index contributed by atoms with van der Waals surface area (Å²) in [5.41, 5.74) is 1.79. The zero-order valence-corrected chi connectivity index (χ0v) is 12.9. The number of methoxy groups -OCH3 is 1. The molecule has 0 spiro atoms. The molecule has 2 aromatic rings. The molecular weight excluding hydrogens is 290 g/mol. The van der Waals surface area contributed by atoms with Crippen LogP contribution in [0.4, 0.5) is 11.4 Å². The molecule has 2 rings (SSSR count). The first-order valence-electron chi connectivity index (χ1n) is 6.27. The van der Waals surface area contributed by atoms with Crippen LogP contribution in [0.15, 0.2) is 41.6 Å². The molecule has 1 aromatic carbocycles. The van der Waals surface area contributed by atoms with E-state index in [0.29, 0.717) is 17.1 Å². The molecule has 0 bridgehead atoms. The van der Waals surface area contributed by atoms with Gasteiger partial charge in [0.2, 0.25) is 0 Å². The molecule has 0 unspecified atom stereocenters. The molecule has 0 atom stereocenters. The molecule has 0 aliphatic rings. The fourth-order valence-electron chi connectivity index (χ4n) is 1.90. The van der Waals surface area contributed by atoms with E-state index in [0.717, 1.165) is 5.56 Å². The second kappa shape index (κ2) is 6.01. The third-order valence-corrected chi connectivity index (χ3v) is 4.34. The van der Waals surface area contributed by atoms with Crippen LogP contribution in [-0.2, 0) is 10.0 Å². The van der Waals surface area contributed by atoms with Crippen LogP contribution in [0.3, 0.4) is 0 Å². The molecule has 0 saturated carbocycles. The standard InChI is InChI=1S/C14H17N3O3S/c1-10-4-5-13(20-3)12(8-10)17-21(18,19)14-9-16-7-6-11(14)15-2/h4-9,17H,1-3H3,(H,15,16). The maximum absolute atomic E-state index is 12.5. The molecule has 0 aliphatic carbocycles. The van der Waals surface area contributed by atoms with Crippen LogP contribution in [0, 0.1) is 6.92 Å². The number of anilines is 2. The average molecular weight is 307 g/mol. The van der Waals surface area contributed by atoms with E-state index in [1.807, 2.05) is 13.0 Å². The molecule has 0 saturated heterocycles. The average Bonchev–Trinajstić information content (AvgIpc) is 2.47. The van der Waals surface area contributed by atoms with Crippen molar-refractivity contribution in [3.8, 4) is 5.75 Å². The van der Waals surface area contributed by atoms with Crippen LogP contribution in [0.2, 0.25) is 0 Å². The lowest BCUT2D eigenvalue weighted by Gasteiger charge is -2.14. The van der Waals surface area contributed by atoms with Crippen LogP contribution in [0.1, 0.15) is 5.56 Å². The van der Waals surface area contributed by atoms with Crippen LogP contribution < -0.4 is 14.8 Å². The monoisotopic (exact) mass is 307 g/mol. The summed E-state index contributed by atoms with van der Waals surface area (Å²) in [6.45, 7) is 1.88. The summed E-state index contributed by atoms with van der Waals surface area (Å²) >= 11 is 0. The van der Waals surface area contributed by atoms with Crippen molar-refractivity contribution >= 4 is 21.4 Å². The van der Waals surface area contributed by atoms with Gasteiger partial charge in [-0.05, 0) is 30.7 Å². The zero-order chi connectivity index (χ0) is 15.5. The molecule has 6 nitrogen and oxygen atoms in total. The Morgan fingerprint density at radius 2 is 1.95 bits per heavy atom. The smallest absolute Gasteiger partial charge is 0.265 e. The molecule has 1 aromatic heterocycles. The number of pyridine rings is 1. The SMILES string of the molecule is CNc1ccncc1S(=O)(=O)Nc1cc(C)ccc1OC. The summed E-state index contributed by atoms with van der Waals surface area (Å²) in [6.07, 6.45) is 2.83.